The van der Waals surface area contributed by atoms with Crippen LogP contribution in [-0.2, 0) is 73.5 Å². The lowest BCUT2D eigenvalue weighted by atomic mass is 9.85. The van der Waals surface area contributed by atoms with Crippen molar-refractivity contribution >= 4 is 101 Å². The SMILES string of the molecule is CC(C)C[C@H](NC(=O)[C@@H](NC(=O)[C@H](Cc1ccc(O)cc1)NC(=O)[C@@H]1CCCN1C(=O)[C@H](CCCN=C(N)N)NC(=O)[C@@H](NC(=O)[C@H](CCCN=C(N)N)NC(=O)[C@@H]1CCN1C(=O)[C@@H](CCCCN)NC(=O)CN(CCN(CCN(CC(=O)O)CC(=O)O)CC(=O)O)CC(=O)O)C1CCN(C(=N)N)CC1)C(C)(C)C)C(=O)O. The summed E-state index contributed by atoms with van der Waals surface area (Å²) in [5.41, 5.74) is 33.7. The van der Waals surface area contributed by atoms with Crippen molar-refractivity contribution in [1.29, 1.82) is 5.41 Å². The molecule has 26 N–H and O–H groups in total. The lowest BCUT2D eigenvalue weighted by molar-refractivity contribution is -0.151. The van der Waals surface area contributed by atoms with Gasteiger partial charge in [-0.1, -0.05) is 46.8 Å². The van der Waals surface area contributed by atoms with Gasteiger partial charge in [0.1, 0.15) is 60.1 Å². The first-order chi connectivity index (χ1) is 52.7. The van der Waals surface area contributed by atoms with E-state index in [0.717, 1.165) is 9.80 Å². The van der Waals surface area contributed by atoms with Gasteiger partial charge < -0.3 is 117 Å². The molecular weight excluding hydrogens is 1470 g/mol. The van der Waals surface area contributed by atoms with Gasteiger partial charge in [-0.15, -0.1) is 0 Å². The number of aromatic hydroxyl groups is 1. The third kappa shape index (κ3) is 32.7. The van der Waals surface area contributed by atoms with E-state index in [4.69, 9.17) is 39.8 Å². The molecule has 42 nitrogen and oxygen atoms in total. The van der Waals surface area contributed by atoms with Crippen LogP contribution >= 0.6 is 0 Å². The number of nitrogens with two attached hydrogens (primary N) is 6. The van der Waals surface area contributed by atoms with Crippen LogP contribution in [0, 0.1) is 22.7 Å². The van der Waals surface area contributed by atoms with Crippen LogP contribution in [0.3, 0.4) is 0 Å². The van der Waals surface area contributed by atoms with Crippen LogP contribution in [0.15, 0.2) is 34.3 Å². The van der Waals surface area contributed by atoms with E-state index in [9.17, 15) is 83.4 Å². The minimum atomic E-state index is -1.49. The number of amides is 9. The van der Waals surface area contributed by atoms with Gasteiger partial charge in [0.2, 0.25) is 53.2 Å². The maximum absolute atomic E-state index is 15.3. The number of aliphatic imine (C=N–C) groups is 2. The predicted molar refractivity (Wildman–Crippen MR) is 406 cm³/mol. The highest BCUT2D eigenvalue weighted by molar-refractivity contribution is 5.99. The molecule has 9 amide bonds. The van der Waals surface area contributed by atoms with Crippen molar-refractivity contribution in [2.45, 2.75) is 179 Å². The van der Waals surface area contributed by atoms with E-state index in [-0.39, 0.29) is 179 Å². The van der Waals surface area contributed by atoms with Gasteiger partial charge in [-0.3, -0.25) is 92.4 Å². The molecule has 4 rings (SSSR count). The molecule has 3 aliphatic heterocycles. The Bertz CT molecular complexity index is 3460. The fraction of sp³-hybridized carbons (Fsp3) is 0.671. The maximum Gasteiger partial charge on any atom is 0.326 e. The zero-order valence-electron chi connectivity index (χ0n) is 64.3. The minimum Gasteiger partial charge on any atom is -0.508 e. The van der Waals surface area contributed by atoms with Crippen LogP contribution in [0.4, 0.5) is 0 Å². The van der Waals surface area contributed by atoms with Crippen molar-refractivity contribution in [3.8, 4) is 5.75 Å². The molecule has 0 saturated carbocycles. The highest BCUT2D eigenvalue weighted by Crippen LogP contribution is 2.27. The lowest BCUT2D eigenvalue weighted by Gasteiger charge is -2.42. The van der Waals surface area contributed by atoms with E-state index >= 15 is 14.4 Å². The molecule has 3 saturated heterocycles. The number of nitrogens with one attached hydrogen (secondary N) is 8. The Hall–Kier alpha value is -10.7. The van der Waals surface area contributed by atoms with Crippen molar-refractivity contribution in [1.82, 2.24) is 66.6 Å². The Morgan fingerprint density at radius 2 is 0.991 bits per heavy atom. The largest absolute Gasteiger partial charge is 0.508 e. The average molecular weight is 1590 g/mol. The number of guanidine groups is 3. The number of piperidine rings is 1. The number of unbranched alkanes of at least 4 members (excludes halogenated alkanes) is 1. The number of phenolic OH excluding ortho intramolecular Hbond substituents is 1. The van der Waals surface area contributed by atoms with Gasteiger partial charge in [-0.25, -0.2) is 4.79 Å². The number of hydrogen-bond acceptors (Lipinski definition) is 22. The number of benzene rings is 1. The number of carbonyl (C=O) groups is 14. The first-order valence-electron chi connectivity index (χ1n) is 37.3. The molecule has 42 heteroatoms. The number of rotatable bonds is 49. The van der Waals surface area contributed by atoms with Crippen molar-refractivity contribution in [3.05, 3.63) is 29.8 Å². The standard InChI is InChI=1S/C70H116N22O20/c1-40(2)33-48(66(111)112)84-63(108)57(70(3,4)5)86-59(104)47(34-41-15-17-43(93)18-16-41)83-60(105)49-14-10-25-91(49)65(110)46(13-9-24-79-68(74)75)82-62(107)56(42-19-26-90(27-20-42)69(76)77)85-58(103)44(12-8-23-78-67(72)73)81-61(106)50-21-28-92(50)64(109)45(11-6-7-22-71)80-51(94)35-88(37-53(97)98)31-29-87(36-52(95)96)30-32-89(38-54(99)100)39-55(101)102/h15-18,40,42,44-50,56-57,93H,6-14,19-39,71H2,1-5H3,(H3,76,77)(H,80,94)(H,81,106)(H,82,107)(H,83,105)(H,84,108)(H,85,103)(H,86,104)(H,95,96)(H,97,98)(H,99,100)(H,101,102)(H,111,112)(H4,72,73,78)(H4,74,75,79)/t44-,45+,46-,47-,48-,49-,50-,56-,57+/m0/s1. The molecular formula is C70H116N22O20. The molecule has 3 aliphatic rings. The first-order valence-corrected chi connectivity index (χ1v) is 37.3. The molecule has 0 radical (unpaired) electrons. The predicted octanol–water partition coefficient (Wildman–Crippen LogP) is -5.82. The topological polar surface area (TPSA) is 669 Å². The van der Waals surface area contributed by atoms with Crippen molar-refractivity contribution in [2.24, 2.45) is 61.6 Å². The monoisotopic (exact) mass is 1580 g/mol. The molecule has 626 valence electrons. The summed E-state index contributed by atoms with van der Waals surface area (Å²) >= 11 is 0. The van der Waals surface area contributed by atoms with E-state index in [2.05, 4.69) is 47.2 Å². The van der Waals surface area contributed by atoms with Gasteiger partial charge in [-0.05, 0) is 125 Å². The van der Waals surface area contributed by atoms with E-state index in [0.29, 0.717) is 18.4 Å². The average Bonchev–Trinajstić information content (AvgIpc) is 0.955. The van der Waals surface area contributed by atoms with Crippen LogP contribution < -0.4 is 71.6 Å². The number of likely N-dealkylation sites (tertiary alicyclic amines) is 3. The van der Waals surface area contributed by atoms with Gasteiger partial charge in [0, 0.05) is 71.9 Å². The van der Waals surface area contributed by atoms with E-state index < -0.39 is 181 Å². The highest BCUT2D eigenvalue weighted by Gasteiger charge is 2.45. The summed E-state index contributed by atoms with van der Waals surface area (Å²) < 4.78 is 0. The molecule has 0 unspecified atom stereocenters. The van der Waals surface area contributed by atoms with Gasteiger partial charge in [0.05, 0.1) is 32.7 Å². The molecule has 9 atom stereocenters. The van der Waals surface area contributed by atoms with E-state index in [1.54, 1.807) is 39.5 Å². The number of carboxylic acids is 5. The normalized spacial score (nSPS) is 16.9. The molecule has 1 aromatic rings. The van der Waals surface area contributed by atoms with E-state index in [1.165, 1.54) is 39.0 Å². The molecule has 0 bridgehead atoms. The zero-order valence-corrected chi connectivity index (χ0v) is 64.3. The maximum atomic E-state index is 15.3. The number of carbonyl (C=O) groups excluding carboxylic acids is 9. The minimum absolute atomic E-state index is 0.00563. The molecule has 3 fully saturated rings. The Kier molecular flexibility index (Phi) is 38.6. The Labute approximate surface area is 649 Å². The highest BCUT2D eigenvalue weighted by atomic mass is 16.4. The van der Waals surface area contributed by atoms with Crippen LogP contribution in [0.5, 0.6) is 5.75 Å². The molecule has 3 heterocycles. The summed E-state index contributed by atoms with van der Waals surface area (Å²) in [6.07, 6.45) is 1.08. The Morgan fingerprint density at radius 3 is 1.47 bits per heavy atom. The third-order valence-electron chi connectivity index (χ3n) is 19.1. The summed E-state index contributed by atoms with van der Waals surface area (Å²) in [4.78, 5) is 207. The molecule has 112 heavy (non-hydrogen) atoms. The van der Waals surface area contributed by atoms with Gasteiger partial charge >= 0.3 is 29.8 Å². The quantitative estimate of drug-likeness (QED) is 0.0164. The Balaban J connectivity index is 1.66. The van der Waals surface area contributed by atoms with E-state index in [1.807, 2.05) is 0 Å². The number of carboxylic acid groups (broad SMARTS) is 5. The summed E-state index contributed by atoms with van der Waals surface area (Å²) in [7, 11) is 0. The molecule has 0 aliphatic carbocycles. The molecule has 0 spiro atoms. The lowest BCUT2D eigenvalue weighted by Crippen LogP contribution is -2.65. The molecule has 0 aromatic heterocycles. The van der Waals surface area contributed by atoms with Gasteiger partial charge in [0.25, 0.3) is 0 Å². The zero-order chi connectivity index (χ0) is 83.7. The number of nitrogens with zero attached hydrogens (tertiary/aromatic N) is 8. The Morgan fingerprint density at radius 1 is 0.527 bits per heavy atom. The van der Waals surface area contributed by atoms with Crippen LogP contribution in [0.25, 0.3) is 0 Å². The number of aliphatic carboxylic acids is 5. The summed E-state index contributed by atoms with van der Waals surface area (Å²) in [6.45, 7) is 4.74. The second-order valence-corrected chi connectivity index (χ2v) is 29.7. The van der Waals surface area contributed by atoms with Crippen LogP contribution in [-0.4, -0.2) is 320 Å². The third-order valence-corrected chi connectivity index (χ3v) is 19.1. The summed E-state index contributed by atoms with van der Waals surface area (Å²) in [5.74, 6) is -15.8. The fourth-order valence-electron chi connectivity index (χ4n) is 13.2. The number of phenols is 1. The second kappa shape index (κ2) is 46.2. The number of hydrogen-bond donors (Lipinski definition) is 20. The molecule has 1 aromatic carbocycles. The van der Waals surface area contributed by atoms with Crippen LogP contribution in [0.2, 0.25) is 0 Å². The first kappa shape index (κ1) is 93.6. The summed E-state index contributed by atoms with van der Waals surface area (Å²) in [5, 5.41) is 85.3. The van der Waals surface area contributed by atoms with Crippen molar-refractivity contribution in [3.63, 3.8) is 0 Å². The summed E-state index contributed by atoms with van der Waals surface area (Å²) in [6, 6.07) is -6.58. The van der Waals surface area contributed by atoms with Crippen molar-refractivity contribution < 1.29 is 97.8 Å². The smallest absolute Gasteiger partial charge is 0.326 e. The fourth-order valence-corrected chi connectivity index (χ4v) is 13.2. The van der Waals surface area contributed by atoms with Gasteiger partial charge in [0.15, 0.2) is 17.9 Å². The van der Waals surface area contributed by atoms with Crippen molar-refractivity contribution in [2.75, 3.05) is 105 Å². The van der Waals surface area contributed by atoms with Crippen LogP contribution in [0.1, 0.15) is 124 Å². The van der Waals surface area contributed by atoms with Gasteiger partial charge in [-0.2, -0.15) is 0 Å². The second-order valence-electron chi connectivity index (χ2n) is 29.7.